The van der Waals surface area contributed by atoms with Gasteiger partial charge in [-0.2, -0.15) is 0 Å². The molecular weight excluding hydrogens is 286 g/mol. The molecule has 0 atom stereocenters. The molecule has 1 amide bonds. The largest absolute Gasteiger partial charge is 0.397 e. The molecule has 0 aliphatic heterocycles. The molecule has 2 aromatic rings. The van der Waals surface area contributed by atoms with Crippen LogP contribution in [0.25, 0.3) is 0 Å². The number of pyridine rings is 1. The van der Waals surface area contributed by atoms with Crippen LogP contribution in [-0.2, 0) is 11.2 Å². The highest BCUT2D eigenvalue weighted by molar-refractivity contribution is 5.92. The van der Waals surface area contributed by atoms with Crippen LogP contribution in [0.3, 0.4) is 0 Å². The SMILES string of the molecule is CC(C)c1ccc(NC(=O)Cc2ccc(N)cn2)cc1.Cl. The number of amides is 1. The average molecular weight is 306 g/mol. The van der Waals surface area contributed by atoms with Crippen molar-refractivity contribution in [1.29, 1.82) is 0 Å². The van der Waals surface area contributed by atoms with Crippen LogP contribution < -0.4 is 11.1 Å². The summed E-state index contributed by atoms with van der Waals surface area (Å²) in [7, 11) is 0. The number of carbonyl (C=O) groups excluding carboxylic acids is 1. The zero-order valence-electron chi connectivity index (χ0n) is 12.2. The summed E-state index contributed by atoms with van der Waals surface area (Å²) in [5.41, 5.74) is 8.91. The molecule has 4 nitrogen and oxygen atoms in total. The standard InChI is InChI=1S/C16H19N3O.ClH/c1-11(2)12-3-6-14(7-4-12)19-16(20)9-15-8-5-13(17)10-18-15;/h3-8,10-11H,9,17H2,1-2H3,(H,19,20);1H. The van der Waals surface area contributed by atoms with E-state index in [-0.39, 0.29) is 24.7 Å². The molecule has 1 aromatic heterocycles. The van der Waals surface area contributed by atoms with Gasteiger partial charge in [0.25, 0.3) is 0 Å². The molecule has 0 saturated carbocycles. The van der Waals surface area contributed by atoms with E-state index in [0.717, 1.165) is 5.69 Å². The summed E-state index contributed by atoms with van der Waals surface area (Å²) in [5.74, 6) is 0.401. The second-order valence-electron chi connectivity index (χ2n) is 5.08. The molecule has 1 aromatic carbocycles. The first-order chi connectivity index (χ1) is 9.54. The molecule has 1 heterocycles. The molecular formula is C16H20ClN3O. The first-order valence-electron chi connectivity index (χ1n) is 6.65. The van der Waals surface area contributed by atoms with Crippen LogP contribution in [0.4, 0.5) is 11.4 Å². The van der Waals surface area contributed by atoms with Gasteiger partial charge in [-0.1, -0.05) is 26.0 Å². The Morgan fingerprint density at radius 1 is 1.19 bits per heavy atom. The monoisotopic (exact) mass is 305 g/mol. The van der Waals surface area contributed by atoms with Gasteiger partial charge in [-0.15, -0.1) is 12.4 Å². The predicted octanol–water partition coefficient (Wildman–Crippen LogP) is 3.39. The molecule has 2 rings (SSSR count). The van der Waals surface area contributed by atoms with Crippen molar-refractivity contribution in [2.45, 2.75) is 26.2 Å². The molecule has 0 aliphatic carbocycles. The quantitative estimate of drug-likeness (QED) is 0.909. The zero-order valence-corrected chi connectivity index (χ0v) is 13.0. The number of hydrogen-bond donors (Lipinski definition) is 2. The van der Waals surface area contributed by atoms with Crippen molar-refractivity contribution in [3.8, 4) is 0 Å². The lowest BCUT2D eigenvalue weighted by molar-refractivity contribution is -0.115. The second-order valence-corrected chi connectivity index (χ2v) is 5.08. The molecule has 0 bridgehead atoms. The summed E-state index contributed by atoms with van der Waals surface area (Å²) in [6.45, 7) is 4.28. The third-order valence-corrected chi connectivity index (χ3v) is 3.05. The maximum Gasteiger partial charge on any atom is 0.230 e. The highest BCUT2D eigenvalue weighted by Gasteiger charge is 2.06. The van der Waals surface area contributed by atoms with Crippen molar-refractivity contribution in [2.75, 3.05) is 11.1 Å². The minimum atomic E-state index is -0.0837. The molecule has 0 spiro atoms. The third-order valence-electron chi connectivity index (χ3n) is 3.05. The highest BCUT2D eigenvalue weighted by Crippen LogP contribution is 2.17. The number of carbonyl (C=O) groups is 1. The van der Waals surface area contributed by atoms with E-state index in [1.165, 1.54) is 5.56 Å². The van der Waals surface area contributed by atoms with Crippen LogP contribution in [0.5, 0.6) is 0 Å². The van der Waals surface area contributed by atoms with Gasteiger partial charge in [0.2, 0.25) is 5.91 Å². The first kappa shape index (κ1) is 17.0. The van der Waals surface area contributed by atoms with Gasteiger partial charge in [-0.05, 0) is 35.7 Å². The Labute approximate surface area is 131 Å². The first-order valence-corrected chi connectivity index (χ1v) is 6.65. The molecule has 112 valence electrons. The van der Waals surface area contributed by atoms with Crippen LogP contribution in [0.2, 0.25) is 0 Å². The average Bonchev–Trinajstić information content (AvgIpc) is 2.42. The van der Waals surface area contributed by atoms with Crippen LogP contribution in [-0.4, -0.2) is 10.9 Å². The van der Waals surface area contributed by atoms with E-state index in [1.54, 1.807) is 18.3 Å². The van der Waals surface area contributed by atoms with E-state index in [9.17, 15) is 4.79 Å². The number of rotatable bonds is 4. The van der Waals surface area contributed by atoms with E-state index in [1.807, 2.05) is 24.3 Å². The summed E-state index contributed by atoms with van der Waals surface area (Å²) in [4.78, 5) is 16.0. The summed E-state index contributed by atoms with van der Waals surface area (Å²) in [6.07, 6.45) is 1.80. The number of halogens is 1. The topological polar surface area (TPSA) is 68.0 Å². The number of nitrogens with two attached hydrogens (primary N) is 1. The van der Waals surface area contributed by atoms with Gasteiger partial charge in [0.15, 0.2) is 0 Å². The van der Waals surface area contributed by atoms with Crippen LogP contribution in [0.1, 0.15) is 31.0 Å². The number of nitrogens with zero attached hydrogens (tertiary/aromatic N) is 1. The second kappa shape index (κ2) is 7.64. The Kier molecular flexibility index (Phi) is 6.18. The molecule has 3 N–H and O–H groups in total. The number of nitrogens with one attached hydrogen (secondary N) is 1. The van der Waals surface area contributed by atoms with Gasteiger partial charge < -0.3 is 11.1 Å². The van der Waals surface area contributed by atoms with Crippen molar-refractivity contribution < 1.29 is 4.79 Å². The Balaban J connectivity index is 0.00000220. The lowest BCUT2D eigenvalue weighted by Gasteiger charge is -2.08. The third kappa shape index (κ3) is 5.08. The lowest BCUT2D eigenvalue weighted by Crippen LogP contribution is -2.15. The zero-order chi connectivity index (χ0) is 14.5. The fourth-order valence-electron chi connectivity index (χ4n) is 1.86. The summed E-state index contributed by atoms with van der Waals surface area (Å²) in [6, 6.07) is 11.4. The molecule has 0 unspecified atom stereocenters. The van der Waals surface area contributed by atoms with E-state index >= 15 is 0 Å². The van der Waals surface area contributed by atoms with Crippen LogP contribution >= 0.6 is 12.4 Å². The van der Waals surface area contributed by atoms with Gasteiger partial charge in [0, 0.05) is 11.4 Å². The van der Waals surface area contributed by atoms with Gasteiger partial charge >= 0.3 is 0 Å². The number of benzene rings is 1. The van der Waals surface area contributed by atoms with Crippen LogP contribution in [0.15, 0.2) is 42.6 Å². The number of nitrogen functional groups attached to an aromatic ring is 1. The molecule has 0 fully saturated rings. The molecule has 0 saturated heterocycles. The fourth-order valence-corrected chi connectivity index (χ4v) is 1.86. The highest BCUT2D eigenvalue weighted by atomic mass is 35.5. The Hall–Kier alpha value is -2.07. The Morgan fingerprint density at radius 3 is 2.38 bits per heavy atom. The van der Waals surface area contributed by atoms with Gasteiger partial charge in [-0.25, -0.2) is 0 Å². The van der Waals surface area contributed by atoms with E-state index in [4.69, 9.17) is 5.73 Å². The molecule has 0 radical (unpaired) electrons. The Morgan fingerprint density at radius 2 is 1.86 bits per heavy atom. The van der Waals surface area contributed by atoms with E-state index in [2.05, 4.69) is 24.1 Å². The van der Waals surface area contributed by atoms with Crippen molar-refractivity contribution in [2.24, 2.45) is 0 Å². The predicted molar refractivity (Wildman–Crippen MR) is 88.8 cm³/mol. The number of anilines is 2. The normalized spacial score (nSPS) is 10.0. The van der Waals surface area contributed by atoms with Gasteiger partial charge in [0.05, 0.1) is 18.3 Å². The fraction of sp³-hybridized carbons (Fsp3) is 0.250. The lowest BCUT2D eigenvalue weighted by atomic mass is 10.0. The number of aromatic nitrogens is 1. The van der Waals surface area contributed by atoms with Gasteiger partial charge in [0.1, 0.15) is 0 Å². The maximum atomic E-state index is 11.9. The minimum Gasteiger partial charge on any atom is -0.397 e. The molecule has 5 heteroatoms. The molecule has 21 heavy (non-hydrogen) atoms. The maximum absolute atomic E-state index is 11.9. The van der Waals surface area contributed by atoms with Crippen molar-refractivity contribution in [3.05, 3.63) is 53.9 Å². The Bertz CT molecular complexity index is 579. The molecule has 0 aliphatic rings. The van der Waals surface area contributed by atoms with Gasteiger partial charge in [-0.3, -0.25) is 9.78 Å². The van der Waals surface area contributed by atoms with E-state index < -0.39 is 0 Å². The van der Waals surface area contributed by atoms with Crippen molar-refractivity contribution in [3.63, 3.8) is 0 Å². The van der Waals surface area contributed by atoms with Crippen molar-refractivity contribution in [1.82, 2.24) is 4.98 Å². The summed E-state index contributed by atoms with van der Waals surface area (Å²) in [5, 5.41) is 2.86. The van der Waals surface area contributed by atoms with Crippen LogP contribution in [0, 0.1) is 0 Å². The van der Waals surface area contributed by atoms with E-state index in [0.29, 0.717) is 17.3 Å². The smallest absolute Gasteiger partial charge is 0.230 e. The number of hydrogen-bond acceptors (Lipinski definition) is 3. The van der Waals surface area contributed by atoms with Crippen molar-refractivity contribution >= 4 is 29.7 Å². The summed E-state index contributed by atoms with van der Waals surface area (Å²) < 4.78 is 0. The minimum absolute atomic E-state index is 0. The summed E-state index contributed by atoms with van der Waals surface area (Å²) >= 11 is 0.